The third-order valence-corrected chi connectivity index (χ3v) is 6.04. The number of amides is 2. The molecule has 2 heterocycles. The molecule has 2 N–H and O–H groups in total. The quantitative estimate of drug-likeness (QED) is 0.890. The molecule has 2 aliphatic rings. The largest absolute Gasteiger partial charge is 0.340 e. The number of nitrogens with two attached hydrogens (primary N) is 1. The van der Waals surface area contributed by atoms with Gasteiger partial charge in [-0.25, -0.2) is 0 Å². The number of fused-ring (bicyclic) bond motifs is 1. The first-order chi connectivity index (χ1) is 13.7. The normalized spacial score (nSPS) is 22.1. The van der Waals surface area contributed by atoms with Crippen molar-refractivity contribution >= 4 is 17.5 Å². The molecular weight excluding hydrogens is 350 g/mol. The third-order valence-electron chi connectivity index (χ3n) is 6.04. The van der Waals surface area contributed by atoms with Gasteiger partial charge in [0.05, 0.1) is 0 Å². The molecule has 0 aliphatic carbocycles. The second-order valence-electron chi connectivity index (χ2n) is 7.77. The molecule has 2 aliphatic heterocycles. The van der Waals surface area contributed by atoms with Crippen molar-refractivity contribution in [2.24, 2.45) is 11.7 Å². The lowest BCUT2D eigenvalue weighted by Crippen LogP contribution is -2.42. The van der Waals surface area contributed by atoms with Crippen LogP contribution in [0, 0.1) is 5.92 Å². The maximum atomic E-state index is 13.1. The van der Waals surface area contributed by atoms with Crippen molar-refractivity contribution in [2.75, 3.05) is 31.1 Å². The molecule has 2 aromatic rings. The number of carbonyl (C=O) groups is 2. The summed E-state index contributed by atoms with van der Waals surface area (Å²) in [6.45, 7) is 1.97. The standard InChI is InChI=1S/C23H27N3O2/c24-13-19-14-25(15-20(19)17-7-2-1-3-8-17)23(28)16-26-21-11-5-4-9-18(21)10-6-12-22(26)27/h1-5,7-9,11,19-20H,6,10,12-16,24H2/t19-,20+/m1/s1. The van der Waals surface area contributed by atoms with Crippen molar-refractivity contribution < 1.29 is 9.59 Å². The van der Waals surface area contributed by atoms with E-state index in [9.17, 15) is 9.59 Å². The SMILES string of the molecule is NC[C@@H]1CN(C(=O)CN2C(=O)CCCc3ccccc32)C[C@H]1c1ccccc1. The Kier molecular flexibility index (Phi) is 5.44. The van der Waals surface area contributed by atoms with Crippen LogP contribution in [0.25, 0.3) is 0 Å². The molecule has 2 atom stereocenters. The second kappa shape index (κ2) is 8.15. The number of benzene rings is 2. The Bertz CT molecular complexity index is 852. The van der Waals surface area contributed by atoms with Crippen LogP contribution in [-0.4, -0.2) is 42.9 Å². The van der Waals surface area contributed by atoms with E-state index in [0.717, 1.165) is 24.1 Å². The summed E-state index contributed by atoms with van der Waals surface area (Å²) in [5, 5.41) is 0. The highest BCUT2D eigenvalue weighted by Gasteiger charge is 2.36. The van der Waals surface area contributed by atoms with Crippen LogP contribution in [0.3, 0.4) is 0 Å². The van der Waals surface area contributed by atoms with Crippen molar-refractivity contribution in [2.45, 2.75) is 25.2 Å². The first kappa shape index (κ1) is 18.7. The molecule has 0 unspecified atom stereocenters. The zero-order valence-electron chi connectivity index (χ0n) is 16.1. The summed E-state index contributed by atoms with van der Waals surface area (Å²) in [5.41, 5.74) is 9.26. The van der Waals surface area contributed by atoms with Gasteiger partial charge in [-0.15, -0.1) is 0 Å². The first-order valence-corrected chi connectivity index (χ1v) is 10.1. The van der Waals surface area contributed by atoms with Crippen LogP contribution in [0.2, 0.25) is 0 Å². The van der Waals surface area contributed by atoms with Gasteiger partial charge in [0.25, 0.3) is 0 Å². The monoisotopic (exact) mass is 377 g/mol. The highest BCUT2D eigenvalue weighted by molar-refractivity contribution is 5.99. The first-order valence-electron chi connectivity index (χ1n) is 10.1. The number of carbonyl (C=O) groups excluding carboxylic acids is 2. The zero-order valence-corrected chi connectivity index (χ0v) is 16.1. The minimum Gasteiger partial charge on any atom is -0.340 e. The summed E-state index contributed by atoms with van der Waals surface area (Å²) in [4.78, 5) is 29.3. The average molecular weight is 377 g/mol. The summed E-state index contributed by atoms with van der Waals surface area (Å²) in [7, 11) is 0. The number of likely N-dealkylation sites (tertiary alicyclic amines) is 1. The van der Waals surface area contributed by atoms with E-state index in [-0.39, 0.29) is 30.2 Å². The lowest BCUT2D eigenvalue weighted by Gasteiger charge is -2.25. The fourth-order valence-electron chi connectivity index (χ4n) is 4.49. The van der Waals surface area contributed by atoms with Gasteiger partial charge in [0.2, 0.25) is 11.8 Å². The minimum absolute atomic E-state index is 0.00179. The lowest BCUT2D eigenvalue weighted by molar-refractivity contribution is -0.130. The molecule has 0 aromatic heterocycles. The minimum atomic E-state index is 0.00179. The Morgan fingerprint density at radius 2 is 1.75 bits per heavy atom. The molecular formula is C23H27N3O2. The van der Waals surface area contributed by atoms with Crippen LogP contribution in [0.4, 0.5) is 5.69 Å². The smallest absolute Gasteiger partial charge is 0.242 e. The molecule has 5 nitrogen and oxygen atoms in total. The number of hydrogen-bond acceptors (Lipinski definition) is 3. The van der Waals surface area contributed by atoms with Crippen LogP contribution in [0.15, 0.2) is 54.6 Å². The molecule has 0 spiro atoms. The second-order valence-corrected chi connectivity index (χ2v) is 7.77. The fraction of sp³-hybridized carbons (Fsp3) is 0.391. The van der Waals surface area contributed by atoms with Gasteiger partial charge in [-0.1, -0.05) is 48.5 Å². The average Bonchev–Trinajstić information content (AvgIpc) is 3.11. The van der Waals surface area contributed by atoms with E-state index in [1.807, 2.05) is 41.3 Å². The van der Waals surface area contributed by atoms with E-state index in [1.165, 1.54) is 5.56 Å². The van der Waals surface area contributed by atoms with Crippen LogP contribution in [-0.2, 0) is 16.0 Å². The van der Waals surface area contributed by atoms with Crippen LogP contribution >= 0.6 is 0 Å². The number of hydrogen-bond donors (Lipinski definition) is 1. The Labute approximate surface area is 166 Å². The summed E-state index contributed by atoms with van der Waals surface area (Å²) < 4.78 is 0. The molecule has 4 rings (SSSR count). The van der Waals surface area contributed by atoms with Gasteiger partial charge in [0.1, 0.15) is 6.54 Å². The maximum Gasteiger partial charge on any atom is 0.242 e. The van der Waals surface area contributed by atoms with Gasteiger partial charge in [-0.3, -0.25) is 9.59 Å². The maximum absolute atomic E-state index is 13.1. The number of aryl methyl sites for hydroxylation is 1. The number of anilines is 1. The van der Waals surface area contributed by atoms with E-state index in [2.05, 4.69) is 18.2 Å². The van der Waals surface area contributed by atoms with E-state index in [1.54, 1.807) is 4.90 Å². The summed E-state index contributed by atoms with van der Waals surface area (Å²) in [6, 6.07) is 18.2. The number of rotatable bonds is 4. The molecule has 28 heavy (non-hydrogen) atoms. The van der Waals surface area contributed by atoms with Crippen LogP contribution < -0.4 is 10.6 Å². The Balaban J connectivity index is 1.51. The molecule has 0 radical (unpaired) electrons. The third kappa shape index (κ3) is 3.67. The van der Waals surface area contributed by atoms with Gasteiger partial charge in [0, 0.05) is 31.1 Å². The number of para-hydroxylation sites is 1. The predicted octanol–water partition coefficient (Wildman–Crippen LogP) is 2.56. The van der Waals surface area contributed by atoms with Gasteiger partial charge in [0.15, 0.2) is 0 Å². The molecule has 2 amide bonds. The van der Waals surface area contributed by atoms with Crippen molar-refractivity contribution in [3.8, 4) is 0 Å². The summed E-state index contributed by atoms with van der Waals surface area (Å²) >= 11 is 0. The highest BCUT2D eigenvalue weighted by atomic mass is 16.2. The molecule has 2 aromatic carbocycles. The molecule has 1 fully saturated rings. The Morgan fingerprint density at radius 1 is 1.00 bits per heavy atom. The van der Waals surface area contributed by atoms with Crippen LogP contribution in [0.5, 0.6) is 0 Å². The van der Waals surface area contributed by atoms with Gasteiger partial charge in [-0.05, 0) is 42.5 Å². The lowest BCUT2D eigenvalue weighted by atomic mass is 9.89. The Hall–Kier alpha value is -2.66. The highest BCUT2D eigenvalue weighted by Crippen LogP contribution is 2.33. The van der Waals surface area contributed by atoms with E-state index < -0.39 is 0 Å². The van der Waals surface area contributed by atoms with Crippen molar-refractivity contribution in [1.82, 2.24) is 4.90 Å². The predicted molar refractivity (Wildman–Crippen MR) is 110 cm³/mol. The summed E-state index contributed by atoms with van der Waals surface area (Å²) in [5.74, 6) is 0.537. The van der Waals surface area contributed by atoms with Crippen molar-refractivity contribution in [3.63, 3.8) is 0 Å². The topological polar surface area (TPSA) is 66.6 Å². The van der Waals surface area contributed by atoms with Crippen molar-refractivity contribution in [1.29, 1.82) is 0 Å². The number of nitrogens with zero attached hydrogens (tertiary/aromatic N) is 2. The van der Waals surface area contributed by atoms with Gasteiger partial charge >= 0.3 is 0 Å². The Morgan fingerprint density at radius 3 is 2.54 bits per heavy atom. The molecule has 0 bridgehead atoms. The van der Waals surface area contributed by atoms with Crippen molar-refractivity contribution in [3.05, 3.63) is 65.7 Å². The molecule has 146 valence electrons. The van der Waals surface area contributed by atoms with E-state index in [0.29, 0.717) is 26.1 Å². The van der Waals surface area contributed by atoms with Gasteiger partial charge in [-0.2, -0.15) is 0 Å². The molecule has 1 saturated heterocycles. The van der Waals surface area contributed by atoms with Gasteiger partial charge < -0.3 is 15.5 Å². The molecule has 5 heteroatoms. The fourth-order valence-corrected chi connectivity index (χ4v) is 4.49. The molecule has 0 saturated carbocycles. The van der Waals surface area contributed by atoms with E-state index >= 15 is 0 Å². The van der Waals surface area contributed by atoms with Crippen LogP contribution in [0.1, 0.15) is 29.9 Å². The van der Waals surface area contributed by atoms with E-state index in [4.69, 9.17) is 5.73 Å². The zero-order chi connectivity index (χ0) is 19.5. The summed E-state index contributed by atoms with van der Waals surface area (Å²) in [6.07, 6.45) is 2.19.